The van der Waals surface area contributed by atoms with Crippen LogP contribution in [0, 0.1) is 12.8 Å². The zero-order chi connectivity index (χ0) is 13.1. The van der Waals surface area contributed by atoms with E-state index < -0.39 is 0 Å². The quantitative estimate of drug-likeness (QED) is 0.906. The van der Waals surface area contributed by atoms with Crippen LogP contribution in [0.1, 0.15) is 24.2 Å². The van der Waals surface area contributed by atoms with Crippen LogP contribution in [0.15, 0.2) is 0 Å². The van der Waals surface area contributed by atoms with Gasteiger partial charge in [0.1, 0.15) is 0 Å². The number of rotatable bonds is 4. The molecule has 0 radical (unpaired) electrons. The van der Waals surface area contributed by atoms with Crippen molar-refractivity contribution < 1.29 is 0 Å². The van der Waals surface area contributed by atoms with Gasteiger partial charge in [-0.15, -0.1) is 0 Å². The molecule has 0 aromatic carbocycles. The summed E-state index contributed by atoms with van der Waals surface area (Å²) in [6.45, 7) is 6.25. The Labute approximate surface area is 114 Å². The molecule has 0 aliphatic carbocycles. The molecule has 18 heavy (non-hydrogen) atoms. The van der Waals surface area contributed by atoms with Gasteiger partial charge in [-0.25, -0.2) is 0 Å². The fraction of sp³-hybridized carbons (Fsp3) is 0.769. The van der Waals surface area contributed by atoms with Gasteiger partial charge in [-0.2, -0.15) is 5.10 Å². The van der Waals surface area contributed by atoms with Crippen LogP contribution >= 0.6 is 11.6 Å². The van der Waals surface area contributed by atoms with Gasteiger partial charge in [0.05, 0.1) is 16.4 Å². The number of nitrogens with zero attached hydrogens (tertiary/aromatic N) is 3. The average Bonchev–Trinajstić information content (AvgIpc) is 2.56. The van der Waals surface area contributed by atoms with E-state index in [0.717, 1.165) is 35.4 Å². The lowest BCUT2D eigenvalue weighted by molar-refractivity contribution is 0.206. The summed E-state index contributed by atoms with van der Waals surface area (Å²) in [6, 6.07) is 0. The summed E-state index contributed by atoms with van der Waals surface area (Å²) in [4.78, 5) is 2.41. The number of piperidine rings is 1. The van der Waals surface area contributed by atoms with E-state index in [1.54, 1.807) is 0 Å². The fourth-order valence-electron chi connectivity index (χ4n) is 2.71. The number of aryl methyl sites for hydroxylation is 2. The van der Waals surface area contributed by atoms with Crippen molar-refractivity contribution in [3.8, 4) is 0 Å². The molecule has 0 amide bonds. The highest BCUT2D eigenvalue weighted by Gasteiger charge is 2.17. The molecule has 1 aromatic heterocycles. The minimum absolute atomic E-state index is 0.761. The standard InChI is InChI=1S/C13H23ClN4/c1-10-13(14)12(18(3)16-10)8-15-7-11-5-4-6-17(2)9-11/h11,15H,4-9H2,1-3H3. The molecule has 2 heterocycles. The molecule has 1 saturated heterocycles. The Morgan fingerprint density at radius 2 is 2.22 bits per heavy atom. The molecule has 1 aliphatic heterocycles. The minimum Gasteiger partial charge on any atom is -0.311 e. The number of hydrogen-bond acceptors (Lipinski definition) is 3. The van der Waals surface area contributed by atoms with Crippen molar-refractivity contribution >= 4 is 11.6 Å². The van der Waals surface area contributed by atoms with E-state index in [0.29, 0.717) is 0 Å². The van der Waals surface area contributed by atoms with Gasteiger partial charge in [0.2, 0.25) is 0 Å². The molecule has 4 nitrogen and oxygen atoms in total. The zero-order valence-electron chi connectivity index (χ0n) is 11.5. The van der Waals surface area contributed by atoms with Crippen LogP contribution in [0.2, 0.25) is 5.02 Å². The first-order chi connectivity index (χ1) is 8.58. The topological polar surface area (TPSA) is 33.1 Å². The predicted octanol–water partition coefficient (Wildman–Crippen LogP) is 1.81. The van der Waals surface area contributed by atoms with Crippen molar-refractivity contribution in [3.63, 3.8) is 0 Å². The van der Waals surface area contributed by atoms with Crippen LogP contribution in [0.25, 0.3) is 0 Å². The highest BCUT2D eigenvalue weighted by Crippen LogP contribution is 2.19. The summed E-state index contributed by atoms with van der Waals surface area (Å²) in [5.74, 6) is 0.761. The van der Waals surface area contributed by atoms with Crippen molar-refractivity contribution in [1.29, 1.82) is 0 Å². The SMILES string of the molecule is Cc1nn(C)c(CNCC2CCCN(C)C2)c1Cl. The van der Waals surface area contributed by atoms with Crippen LogP contribution in [-0.4, -0.2) is 41.4 Å². The first-order valence-electron chi connectivity index (χ1n) is 6.65. The number of likely N-dealkylation sites (tertiary alicyclic amines) is 1. The largest absolute Gasteiger partial charge is 0.311 e. The van der Waals surface area contributed by atoms with Crippen molar-refractivity contribution in [2.24, 2.45) is 13.0 Å². The van der Waals surface area contributed by atoms with E-state index in [1.165, 1.54) is 25.9 Å². The van der Waals surface area contributed by atoms with Gasteiger partial charge in [-0.3, -0.25) is 4.68 Å². The molecule has 1 fully saturated rings. The molecule has 0 bridgehead atoms. The average molecular weight is 271 g/mol. The van der Waals surface area contributed by atoms with Crippen LogP contribution in [0.3, 0.4) is 0 Å². The molecular weight excluding hydrogens is 248 g/mol. The van der Waals surface area contributed by atoms with E-state index >= 15 is 0 Å². The second kappa shape index (κ2) is 6.04. The van der Waals surface area contributed by atoms with Gasteiger partial charge in [0.25, 0.3) is 0 Å². The Bertz CT molecular complexity index is 402. The second-order valence-electron chi connectivity index (χ2n) is 5.37. The molecule has 2 rings (SSSR count). The van der Waals surface area contributed by atoms with E-state index in [2.05, 4.69) is 22.4 Å². The van der Waals surface area contributed by atoms with Gasteiger partial charge in [-0.1, -0.05) is 11.6 Å². The maximum atomic E-state index is 6.23. The van der Waals surface area contributed by atoms with Crippen molar-refractivity contribution in [1.82, 2.24) is 20.0 Å². The van der Waals surface area contributed by atoms with Crippen molar-refractivity contribution in [2.75, 3.05) is 26.7 Å². The first-order valence-corrected chi connectivity index (χ1v) is 7.03. The van der Waals surface area contributed by atoms with E-state index in [-0.39, 0.29) is 0 Å². The van der Waals surface area contributed by atoms with E-state index in [4.69, 9.17) is 11.6 Å². The fourth-order valence-corrected chi connectivity index (χ4v) is 2.93. The number of halogens is 1. The molecular formula is C13H23ClN4. The summed E-state index contributed by atoms with van der Waals surface area (Å²) >= 11 is 6.23. The summed E-state index contributed by atoms with van der Waals surface area (Å²) < 4.78 is 1.87. The third kappa shape index (κ3) is 3.25. The summed E-state index contributed by atoms with van der Waals surface area (Å²) in [6.07, 6.45) is 2.64. The minimum atomic E-state index is 0.761. The monoisotopic (exact) mass is 270 g/mol. The summed E-state index contributed by atoms with van der Waals surface area (Å²) in [5, 5.41) is 8.64. The zero-order valence-corrected chi connectivity index (χ0v) is 12.3. The van der Waals surface area contributed by atoms with Crippen molar-refractivity contribution in [2.45, 2.75) is 26.3 Å². The lowest BCUT2D eigenvalue weighted by Crippen LogP contribution is -2.37. The molecule has 0 spiro atoms. The van der Waals surface area contributed by atoms with Crippen LogP contribution in [0.4, 0.5) is 0 Å². The normalized spacial score (nSPS) is 21.4. The maximum Gasteiger partial charge on any atom is 0.0860 e. The summed E-state index contributed by atoms with van der Waals surface area (Å²) in [5.41, 5.74) is 1.99. The lowest BCUT2D eigenvalue weighted by Gasteiger charge is -2.29. The Balaban J connectivity index is 1.81. The van der Waals surface area contributed by atoms with Crippen LogP contribution in [0.5, 0.6) is 0 Å². The Kier molecular flexibility index (Phi) is 4.65. The predicted molar refractivity (Wildman–Crippen MR) is 74.9 cm³/mol. The Morgan fingerprint density at radius 3 is 2.83 bits per heavy atom. The first kappa shape index (κ1) is 13.8. The van der Waals surface area contributed by atoms with Gasteiger partial charge in [-0.05, 0) is 45.8 Å². The van der Waals surface area contributed by atoms with Gasteiger partial charge < -0.3 is 10.2 Å². The Hall–Kier alpha value is -0.580. The second-order valence-corrected chi connectivity index (χ2v) is 5.75. The highest BCUT2D eigenvalue weighted by molar-refractivity contribution is 6.31. The van der Waals surface area contributed by atoms with Crippen LogP contribution in [-0.2, 0) is 13.6 Å². The molecule has 1 aliphatic rings. The molecule has 1 N–H and O–H groups in total. The molecule has 102 valence electrons. The molecule has 5 heteroatoms. The third-order valence-electron chi connectivity index (χ3n) is 3.71. The van der Waals surface area contributed by atoms with Crippen molar-refractivity contribution in [3.05, 3.63) is 16.4 Å². The van der Waals surface area contributed by atoms with E-state index in [1.807, 2.05) is 18.7 Å². The number of nitrogens with one attached hydrogen (secondary N) is 1. The van der Waals surface area contributed by atoms with Crippen LogP contribution < -0.4 is 5.32 Å². The van der Waals surface area contributed by atoms with Gasteiger partial charge in [0, 0.05) is 20.1 Å². The molecule has 0 saturated carbocycles. The summed E-state index contributed by atoms with van der Waals surface area (Å²) in [7, 11) is 4.15. The molecule has 1 unspecified atom stereocenters. The lowest BCUT2D eigenvalue weighted by atomic mass is 9.98. The molecule has 1 atom stereocenters. The van der Waals surface area contributed by atoms with E-state index in [9.17, 15) is 0 Å². The Morgan fingerprint density at radius 1 is 1.44 bits per heavy atom. The van der Waals surface area contributed by atoms with Gasteiger partial charge in [0.15, 0.2) is 0 Å². The highest BCUT2D eigenvalue weighted by atomic mass is 35.5. The smallest absolute Gasteiger partial charge is 0.0860 e. The maximum absolute atomic E-state index is 6.23. The third-order valence-corrected chi connectivity index (χ3v) is 4.20. The molecule has 1 aromatic rings. The van der Waals surface area contributed by atoms with Gasteiger partial charge >= 0.3 is 0 Å². The number of hydrogen-bond donors (Lipinski definition) is 1. The number of aromatic nitrogens is 2.